The van der Waals surface area contributed by atoms with Crippen LogP contribution in [-0.4, -0.2) is 21.0 Å². The predicted molar refractivity (Wildman–Crippen MR) is 98.9 cm³/mol. The summed E-state index contributed by atoms with van der Waals surface area (Å²) in [6.45, 7) is 1.79. The van der Waals surface area contributed by atoms with Crippen LogP contribution in [0.4, 0.5) is 0 Å². The number of aromatic nitrogens is 3. The van der Waals surface area contributed by atoms with Gasteiger partial charge in [-0.25, -0.2) is 0 Å². The maximum Gasteiger partial charge on any atom is 0.268 e. The standard InChI is InChI=1S/C19H15ClN4O2/c1-11(19-23-17(24-26-19)12-5-3-2-4-6-12)21-18(25)16-10-13-9-14(20)7-8-15(13)22-16/h2-11,22H,1H3,(H,21,25). The van der Waals surface area contributed by atoms with E-state index in [0.717, 1.165) is 16.5 Å². The quantitative estimate of drug-likeness (QED) is 0.562. The molecule has 2 aromatic heterocycles. The summed E-state index contributed by atoms with van der Waals surface area (Å²) in [6, 6.07) is 16.3. The molecule has 0 bridgehead atoms. The van der Waals surface area contributed by atoms with Gasteiger partial charge in [-0.1, -0.05) is 47.1 Å². The van der Waals surface area contributed by atoms with Crippen molar-refractivity contribution in [1.82, 2.24) is 20.4 Å². The van der Waals surface area contributed by atoms with Crippen molar-refractivity contribution >= 4 is 28.4 Å². The van der Waals surface area contributed by atoms with E-state index in [1.807, 2.05) is 36.4 Å². The Kier molecular flexibility index (Phi) is 4.18. The van der Waals surface area contributed by atoms with Gasteiger partial charge in [0.25, 0.3) is 5.91 Å². The molecule has 0 radical (unpaired) electrons. The average Bonchev–Trinajstić information content (AvgIpc) is 3.29. The molecule has 26 heavy (non-hydrogen) atoms. The predicted octanol–water partition coefficient (Wildman–Crippen LogP) is 4.36. The Bertz CT molecular complexity index is 1070. The second-order valence-electron chi connectivity index (χ2n) is 5.93. The number of carbonyl (C=O) groups excluding carboxylic acids is 1. The molecular formula is C19H15ClN4O2. The molecule has 1 amide bonds. The molecule has 0 saturated carbocycles. The number of H-pyrrole nitrogens is 1. The molecular weight excluding hydrogens is 352 g/mol. The van der Waals surface area contributed by atoms with Crippen LogP contribution in [0.1, 0.15) is 29.3 Å². The summed E-state index contributed by atoms with van der Waals surface area (Å²) in [5, 5.41) is 8.32. The van der Waals surface area contributed by atoms with Crippen molar-refractivity contribution in [3.05, 3.63) is 71.2 Å². The molecule has 0 fully saturated rings. The first-order chi connectivity index (χ1) is 12.6. The maximum absolute atomic E-state index is 12.5. The highest BCUT2D eigenvalue weighted by atomic mass is 35.5. The molecule has 2 N–H and O–H groups in total. The van der Waals surface area contributed by atoms with Gasteiger partial charge in [-0.3, -0.25) is 4.79 Å². The smallest absolute Gasteiger partial charge is 0.268 e. The van der Waals surface area contributed by atoms with Gasteiger partial charge >= 0.3 is 0 Å². The van der Waals surface area contributed by atoms with Crippen molar-refractivity contribution in [2.75, 3.05) is 0 Å². The van der Waals surface area contributed by atoms with E-state index < -0.39 is 6.04 Å². The molecule has 7 heteroatoms. The zero-order chi connectivity index (χ0) is 18.1. The number of benzene rings is 2. The molecule has 4 aromatic rings. The SMILES string of the molecule is CC(NC(=O)c1cc2cc(Cl)ccc2[nH]1)c1nc(-c2ccccc2)no1. The second-order valence-corrected chi connectivity index (χ2v) is 6.37. The van der Waals surface area contributed by atoms with Gasteiger partial charge < -0.3 is 14.8 Å². The third-order valence-electron chi connectivity index (χ3n) is 4.02. The van der Waals surface area contributed by atoms with Gasteiger partial charge in [0.2, 0.25) is 11.7 Å². The highest BCUT2D eigenvalue weighted by molar-refractivity contribution is 6.31. The van der Waals surface area contributed by atoms with E-state index in [9.17, 15) is 4.79 Å². The fourth-order valence-electron chi connectivity index (χ4n) is 2.68. The number of aromatic amines is 1. The van der Waals surface area contributed by atoms with E-state index in [1.165, 1.54) is 0 Å². The number of fused-ring (bicyclic) bond motifs is 1. The maximum atomic E-state index is 12.5. The lowest BCUT2D eigenvalue weighted by molar-refractivity contribution is 0.0928. The Balaban J connectivity index is 1.51. The van der Waals surface area contributed by atoms with Crippen LogP contribution in [0.2, 0.25) is 5.02 Å². The molecule has 4 rings (SSSR count). The monoisotopic (exact) mass is 366 g/mol. The van der Waals surface area contributed by atoms with Crippen molar-refractivity contribution in [2.45, 2.75) is 13.0 Å². The van der Waals surface area contributed by atoms with Crippen LogP contribution in [0.5, 0.6) is 0 Å². The third kappa shape index (κ3) is 3.19. The highest BCUT2D eigenvalue weighted by Crippen LogP contribution is 2.21. The van der Waals surface area contributed by atoms with Crippen molar-refractivity contribution in [2.24, 2.45) is 0 Å². The summed E-state index contributed by atoms with van der Waals surface area (Å²) in [5.41, 5.74) is 2.14. The Morgan fingerprint density at radius 2 is 2.00 bits per heavy atom. The molecule has 6 nitrogen and oxygen atoms in total. The molecule has 0 aliphatic rings. The topological polar surface area (TPSA) is 83.8 Å². The highest BCUT2D eigenvalue weighted by Gasteiger charge is 2.19. The van der Waals surface area contributed by atoms with Crippen LogP contribution in [0.3, 0.4) is 0 Å². The molecule has 2 heterocycles. The van der Waals surface area contributed by atoms with Crippen LogP contribution in [0.25, 0.3) is 22.3 Å². The van der Waals surface area contributed by atoms with E-state index in [-0.39, 0.29) is 5.91 Å². The average molecular weight is 367 g/mol. The minimum absolute atomic E-state index is 0.260. The summed E-state index contributed by atoms with van der Waals surface area (Å²) in [5.74, 6) is 0.572. The fourth-order valence-corrected chi connectivity index (χ4v) is 2.86. The van der Waals surface area contributed by atoms with Crippen molar-refractivity contribution in [3.8, 4) is 11.4 Å². The van der Waals surface area contributed by atoms with Crippen molar-refractivity contribution in [3.63, 3.8) is 0 Å². The van der Waals surface area contributed by atoms with E-state index in [4.69, 9.17) is 16.1 Å². The third-order valence-corrected chi connectivity index (χ3v) is 4.25. The molecule has 0 aliphatic carbocycles. The number of hydrogen-bond acceptors (Lipinski definition) is 4. The van der Waals surface area contributed by atoms with Crippen LogP contribution in [0, 0.1) is 0 Å². The normalized spacial score (nSPS) is 12.2. The van der Waals surface area contributed by atoms with Gasteiger partial charge in [0.1, 0.15) is 11.7 Å². The Labute approximate surface area is 154 Å². The molecule has 0 spiro atoms. The van der Waals surface area contributed by atoms with Gasteiger partial charge in [0, 0.05) is 21.5 Å². The summed E-state index contributed by atoms with van der Waals surface area (Å²) in [7, 11) is 0. The molecule has 1 atom stereocenters. The van der Waals surface area contributed by atoms with Crippen molar-refractivity contribution < 1.29 is 9.32 Å². The first-order valence-electron chi connectivity index (χ1n) is 8.08. The molecule has 2 aromatic carbocycles. The second kappa shape index (κ2) is 6.65. The number of rotatable bonds is 4. The summed E-state index contributed by atoms with van der Waals surface area (Å²) in [6.07, 6.45) is 0. The first kappa shape index (κ1) is 16.4. The number of amides is 1. The van der Waals surface area contributed by atoms with E-state index in [1.54, 1.807) is 25.1 Å². The van der Waals surface area contributed by atoms with Gasteiger partial charge in [-0.15, -0.1) is 0 Å². The van der Waals surface area contributed by atoms with Crippen LogP contribution >= 0.6 is 11.6 Å². The van der Waals surface area contributed by atoms with E-state index >= 15 is 0 Å². The van der Waals surface area contributed by atoms with Crippen LogP contribution in [-0.2, 0) is 0 Å². The zero-order valence-corrected chi connectivity index (χ0v) is 14.6. The number of halogens is 1. The summed E-state index contributed by atoms with van der Waals surface area (Å²) >= 11 is 5.98. The summed E-state index contributed by atoms with van der Waals surface area (Å²) < 4.78 is 5.29. The molecule has 0 saturated heterocycles. The van der Waals surface area contributed by atoms with Gasteiger partial charge in [0.05, 0.1) is 0 Å². The number of carbonyl (C=O) groups is 1. The number of nitrogens with one attached hydrogen (secondary N) is 2. The van der Waals surface area contributed by atoms with Gasteiger partial charge in [-0.2, -0.15) is 4.98 Å². The van der Waals surface area contributed by atoms with Gasteiger partial charge in [0.15, 0.2) is 0 Å². The first-order valence-corrected chi connectivity index (χ1v) is 8.46. The lowest BCUT2D eigenvalue weighted by Gasteiger charge is -2.08. The molecule has 130 valence electrons. The lowest BCUT2D eigenvalue weighted by atomic mass is 10.2. The minimum atomic E-state index is -0.428. The van der Waals surface area contributed by atoms with Crippen LogP contribution < -0.4 is 5.32 Å². The number of hydrogen-bond donors (Lipinski definition) is 2. The van der Waals surface area contributed by atoms with E-state index in [2.05, 4.69) is 20.4 Å². The molecule has 1 unspecified atom stereocenters. The van der Waals surface area contributed by atoms with Gasteiger partial charge in [-0.05, 0) is 31.2 Å². The fraction of sp³-hybridized carbons (Fsp3) is 0.105. The van der Waals surface area contributed by atoms with E-state index in [0.29, 0.717) is 22.4 Å². The Morgan fingerprint density at radius 3 is 2.81 bits per heavy atom. The van der Waals surface area contributed by atoms with Crippen molar-refractivity contribution in [1.29, 1.82) is 0 Å². The molecule has 0 aliphatic heterocycles. The number of nitrogens with zero attached hydrogens (tertiary/aromatic N) is 2. The van der Waals surface area contributed by atoms with Crippen LogP contribution in [0.15, 0.2) is 59.1 Å². The minimum Gasteiger partial charge on any atom is -0.351 e. The lowest BCUT2D eigenvalue weighted by Crippen LogP contribution is -2.27. The summed E-state index contributed by atoms with van der Waals surface area (Å²) in [4.78, 5) is 19.9. The Morgan fingerprint density at radius 1 is 1.19 bits per heavy atom. The Hall–Kier alpha value is -3.12. The zero-order valence-electron chi connectivity index (χ0n) is 13.9. The largest absolute Gasteiger partial charge is 0.351 e.